The van der Waals surface area contributed by atoms with Gasteiger partial charge >= 0.3 is 6.18 Å². The molecule has 1 heterocycles. The van der Waals surface area contributed by atoms with Crippen molar-refractivity contribution >= 4 is 35.0 Å². The Morgan fingerprint density at radius 2 is 1.76 bits per heavy atom. The van der Waals surface area contributed by atoms with Gasteiger partial charge in [0, 0.05) is 41.8 Å². The summed E-state index contributed by atoms with van der Waals surface area (Å²) in [5, 5.41) is 0.454. The van der Waals surface area contributed by atoms with Crippen LogP contribution in [0.1, 0.15) is 18.9 Å². The summed E-state index contributed by atoms with van der Waals surface area (Å²) in [5.41, 5.74) is -0.117. The van der Waals surface area contributed by atoms with Crippen LogP contribution in [0.25, 0.3) is 0 Å². The van der Waals surface area contributed by atoms with E-state index in [9.17, 15) is 18.0 Å². The van der Waals surface area contributed by atoms with E-state index in [1.54, 1.807) is 23.1 Å². The Morgan fingerprint density at radius 1 is 1.10 bits per heavy atom. The van der Waals surface area contributed by atoms with Crippen molar-refractivity contribution in [3.05, 3.63) is 59.1 Å². The van der Waals surface area contributed by atoms with Crippen molar-refractivity contribution in [3.8, 4) is 0 Å². The molecule has 3 nitrogen and oxygen atoms in total. The summed E-state index contributed by atoms with van der Waals surface area (Å²) in [6.45, 7) is 3.98. The first kappa shape index (κ1) is 21.8. The molecule has 3 rings (SSSR count). The van der Waals surface area contributed by atoms with Gasteiger partial charge in [-0.1, -0.05) is 24.6 Å². The first-order chi connectivity index (χ1) is 13.8. The molecule has 0 aliphatic carbocycles. The van der Waals surface area contributed by atoms with Crippen molar-refractivity contribution in [3.63, 3.8) is 0 Å². The Kier molecular flexibility index (Phi) is 7.01. The Balaban J connectivity index is 1.60. The summed E-state index contributed by atoms with van der Waals surface area (Å²) in [4.78, 5) is 17.6. The van der Waals surface area contributed by atoms with Crippen molar-refractivity contribution in [2.45, 2.75) is 29.7 Å². The van der Waals surface area contributed by atoms with Crippen LogP contribution in [0.2, 0.25) is 5.02 Å². The zero-order valence-electron chi connectivity index (χ0n) is 16.0. The Bertz CT molecular complexity index is 837. The largest absolute Gasteiger partial charge is 0.416 e. The topological polar surface area (TPSA) is 23.6 Å². The molecular weight excluding hydrogens is 421 g/mol. The number of amides is 1. The Labute approximate surface area is 177 Å². The standard InChI is InChI=1S/C21H22ClF3N2OS/c1-2-19(29-18-8-6-16(22)7-9-18)20(28)27-12-10-26(11-13-27)17-5-3-4-15(14-17)21(23,24)25/h3-9,14,19H,2,10-13H2,1H3/t19-/m0/s1. The lowest BCUT2D eigenvalue weighted by atomic mass is 10.1. The average Bonchev–Trinajstić information content (AvgIpc) is 2.72. The van der Waals surface area contributed by atoms with Crippen molar-refractivity contribution in [2.24, 2.45) is 0 Å². The van der Waals surface area contributed by atoms with Gasteiger partial charge in [-0.05, 0) is 48.9 Å². The smallest absolute Gasteiger partial charge is 0.368 e. The lowest BCUT2D eigenvalue weighted by Gasteiger charge is -2.37. The van der Waals surface area contributed by atoms with Gasteiger partial charge in [0.1, 0.15) is 0 Å². The number of piperazine rings is 1. The predicted octanol–water partition coefficient (Wildman–Crippen LogP) is 5.58. The summed E-state index contributed by atoms with van der Waals surface area (Å²) in [6, 6.07) is 12.7. The molecule has 29 heavy (non-hydrogen) atoms. The summed E-state index contributed by atoms with van der Waals surface area (Å²) in [6.07, 6.45) is -3.67. The maximum atomic E-state index is 13.0. The summed E-state index contributed by atoms with van der Waals surface area (Å²) < 4.78 is 38.9. The second kappa shape index (κ2) is 9.30. The van der Waals surface area contributed by atoms with Gasteiger partial charge in [0.15, 0.2) is 0 Å². The Morgan fingerprint density at radius 3 is 2.34 bits per heavy atom. The number of carbonyl (C=O) groups is 1. The molecule has 0 spiro atoms. The minimum Gasteiger partial charge on any atom is -0.368 e. The molecular formula is C21H22ClF3N2OS. The maximum Gasteiger partial charge on any atom is 0.416 e. The van der Waals surface area contributed by atoms with Gasteiger partial charge in [-0.15, -0.1) is 11.8 Å². The third-order valence-electron chi connectivity index (χ3n) is 4.87. The van der Waals surface area contributed by atoms with Crippen LogP contribution in [0.4, 0.5) is 18.9 Å². The van der Waals surface area contributed by atoms with Crippen molar-refractivity contribution < 1.29 is 18.0 Å². The van der Waals surface area contributed by atoms with Gasteiger partial charge in [-0.2, -0.15) is 13.2 Å². The van der Waals surface area contributed by atoms with E-state index in [0.717, 1.165) is 11.0 Å². The van der Waals surface area contributed by atoms with Crippen LogP contribution in [0, 0.1) is 0 Å². The number of thioether (sulfide) groups is 1. The van der Waals surface area contributed by atoms with Gasteiger partial charge in [0.25, 0.3) is 0 Å². The number of nitrogens with zero attached hydrogens (tertiary/aromatic N) is 2. The highest BCUT2D eigenvalue weighted by atomic mass is 35.5. The third-order valence-corrected chi connectivity index (χ3v) is 6.48. The van der Waals surface area contributed by atoms with Crippen LogP contribution in [-0.2, 0) is 11.0 Å². The molecule has 2 aromatic carbocycles. The minimum absolute atomic E-state index is 0.0659. The summed E-state index contributed by atoms with van der Waals surface area (Å²) >= 11 is 7.43. The van der Waals surface area contributed by atoms with Gasteiger partial charge < -0.3 is 9.80 Å². The van der Waals surface area contributed by atoms with E-state index in [-0.39, 0.29) is 11.2 Å². The summed E-state index contributed by atoms with van der Waals surface area (Å²) in [5.74, 6) is 0.0659. The molecule has 0 bridgehead atoms. The van der Waals surface area contributed by atoms with Crippen LogP contribution in [0.3, 0.4) is 0 Å². The molecule has 0 unspecified atom stereocenters. The number of halogens is 4. The molecule has 156 valence electrons. The molecule has 1 aliphatic rings. The number of anilines is 1. The lowest BCUT2D eigenvalue weighted by molar-refractivity contribution is -0.137. The van der Waals surface area contributed by atoms with Crippen molar-refractivity contribution in [1.82, 2.24) is 4.90 Å². The number of hydrogen-bond donors (Lipinski definition) is 0. The fourth-order valence-electron chi connectivity index (χ4n) is 3.25. The molecule has 0 aromatic heterocycles. The number of alkyl halides is 3. The normalized spacial score (nSPS) is 16.0. The maximum absolute atomic E-state index is 13.0. The molecule has 1 amide bonds. The Hall–Kier alpha value is -1.86. The molecule has 1 fully saturated rings. The van der Waals surface area contributed by atoms with Crippen molar-refractivity contribution in [2.75, 3.05) is 31.1 Å². The minimum atomic E-state index is -4.36. The third kappa shape index (κ3) is 5.60. The van der Waals surface area contributed by atoms with Gasteiger partial charge in [-0.25, -0.2) is 0 Å². The van der Waals surface area contributed by atoms with Gasteiger partial charge in [-0.3, -0.25) is 4.79 Å². The van der Waals surface area contributed by atoms with Crippen LogP contribution in [-0.4, -0.2) is 42.2 Å². The average molecular weight is 443 g/mol. The second-order valence-corrected chi connectivity index (χ2v) is 8.54. The molecule has 1 aliphatic heterocycles. The number of rotatable bonds is 5. The first-order valence-corrected chi connectivity index (χ1v) is 10.7. The van der Waals surface area contributed by atoms with Gasteiger partial charge in [0.2, 0.25) is 5.91 Å². The van der Waals surface area contributed by atoms with E-state index in [4.69, 9.17) is 11.6 Å². The van der Waals surface area contributed by atoms with E-state index in [1.165, 1.54) is 23.9 Å². The fourth-order valence-corrected chi connectivity index (χ4v) is 4.42. The molecule has 2 aromatic rings. The fraction of sp³-hybridized carbons (Fsp3) is 0.381. The zero-order chi connectivity index (χ0) is 21.0. The highest BCUT2D eigenvalue weighted by Gasteiger charge is 2.32. The van der Waals surface area contributed by atoms with E-state index >= 15 is 0 Å². The SMILES string of the molecule is CC[C@H](Sc1ccc(Cl)cc1)C(=O)N1CCN(c2cccc(C(F)(F)F)c2)CC1. The molecule has 1 saturated heterocycles. The zero-order valence-corrected chi connectivity index (χ0v) is 17.5. The molecule has 1 atom stereocenters. The van der Waals surface area contributed by atoms with E-state index in [2.05, 4.69) is 0 Å². The molecule has 0 radical (unpaired) electrons. The summed E-state index contributed by atoms with van der Waals surface area (Å²) in [7, 11) is 0. The monoisotopic (exact) mass is 442 g/mol. The number of benzene rings is 2. The molecule has 0 N–H and O–H groups in total. The number of hydrogen-bond acceptors (Lipinski definition) is 3. The van der Waals surface area contributed by atoms with E-state index in [0.29, 0.717) is 43.3 Å². The molecule has 0 saturated carbocycles. The molecule has 8 heteroatoms. The second-order valence-electron chi connectivity index (χ2n) is 6.83. The lowest BCUT2D eigenvalue weighted by Crippen LogP contribution is -2.51. The van der Waals surface area contributed by atoms with Crippen LogP contribution >= 0.6 is 23.4 Å². The highest BCUT2D eigenvalue weighted by Crippen LogP contribution is 2.32. The van der Waals surface area contributed by atoms with Crippen LogP contribution < -0.4 is 4.90 Å². The predicted molar refractivity (Wildman–Crippen MR) is 112 cm³/mol. The number of carbonyl (C=O) groups excluding carboxylic acids is 1. The highest BCUT2D eigenvalue weighted by molar-refractivity contribution is 8.00. The van der Waals surface area contributed by atoms with E-state index in [1.807, 2.05) is 24.0 Å². The van der Waals surface area contributed by atoms with Crippen molar-refractivity contribution in [1.29, 1.82) is 0 Å². The van der Waals surface area contributed by atoms with Crippen LogP contribution in [0.5, 0.6) is 0 Å². The van der Waals surface area contributed by atoms with Crippen LogP contribution in [0.15, 0.2) is 53.4 Å². The van der Waals surface area contributed by atoms with E-state index < -0.39 is 11.7 Å². The van der Waals surface area contributed by atoms with Gasteiger partial charge in [0.05, 0.1) is 10.8 Å². The quantitative estimate of drug-likeness (QED) is 0.565. The first-order valence-electron chi connectivity index (χ1n) is 9.41.